The zero-order chi connectivity index (χ0) is 77.8. The van der Waals surface area contributed by atoms with Crippen LogP contribution in [0.1, 0.15) is 465 Å². The molecule has 0 aromatic heterocycles. The zero-order valence-corrected chi connectivity index (χ0v) is 71.5. The molecule has 0 heterocycles. The average Bonchev–Trinajstić information content (AvgIpc) is 0.901. The molecule has 0 aromatic rings. The Morgan fingerprint density at radius 3 is 0.717 bits per heavy atom. The summed E-state index contributed by atoms with van der Waals surface area (Å²) in [6, 6.07) is 0. The van der Waals surface area contributed by atoms with Gasteiger partial charge in [0.05, 0.1) is 26.4 Å². The van der Waals surface area contributed by atoms with Crippen molar-refractivity contribution in [3.8, 4) is 0 Å². The normalized spacial score (nSPS) is 14.1. The summed E-state index contributed by atoms with van der Waals surface area (Å²) in [4.78, 5) is 73.2. The number of aliphatic hydroxyl groups excluding tert-OH is 1. The summed E-state index contributed by atoms with van der Waals surface area (Å²) in [5, 5.41) is 10.7. The highest BCUT2D eigenvalue weighted by molar-refractivity contribution is 7.47. The number of phosphoric ester groups is 2. The van der Waals surface area contributed by atoms with Gasteiger partial charge in [0.1, 0.15) is 19.3 Å². The number of carbonyl (C=O) groups is 4. The SMILES string of the molecule is CCCCCCCCCCCCCCCCC(=O)O[C@H](COC(=O)CCCCCCCCCCCCC)COP(=O)(O)OC[C@H](O)COP(=O)(O)OC[C@@H](COC(=O)CCCCCCCCCCCCCCCCCCC(C)C)OC(=O)CCCCCCCCCCCCCCCCCCCCC(C)CC. The molecule has 0 bridgehead atoms. The molecule has 0 aromatic carbocycles. The smallest absolute Gasteiger partial charge is 0.462 e. The first-order chi connectivity index (χ1) is 51.4. The first kappa shape index (κ1) is 104. The number of phosphoric acid groups is 2. The van der Waals surface area contributed by atoms with E-state index in [1.165, 1.54) is 283 Å². The van der Waals surface area contributed by atoms with Crippen molar-refractivity contribution in [2.75, 3.05) is 39.6 Å². The van der Waals surface area contributed by atoms with E-state index in [-0.39, 0.29) is 25.7 Å². The molecule has 3 N–H and O–H groups in total. The second-order valence-electron chi connectivity index (χ2n) is 32.0. The molecule has 19 heteroatoms. The lowest BCUT2D eigenvalue weighted by Crippen LogP contribution is -2.30. The first-order valence-corrected chi connectivity index (χ1v) is 48.0. The van der Waals surface area contributed by atoms with Gasteiger partial charge in [0, 0.05) is 25.7 Å². The minimum atomic E-state index is -4.97. The molecule has 0 saturated carbocycles. The summed E-state index contributed by atoms with van der Waals surface area (Å²) in [5.74, 6) is -0.415. The summed E-state index contributed by atoms with van der Waals surface area (Å²) in [5.41, 5.74) is 0. The molecule has 0 rings (SSSR count). The lowest BCUT2D eigenvalue weighted by Gasteiger charge is -2.21. The van der Waals surface area contributed by atoms with E-state index in [4.69, 9.17) is 37.0 Å². The fraction of sp³-hybridized carbons (Fsp3) is 0.954. The summed E-state index contributed by atoms with van der Waals surface area (Å²) in [7, 11) is -9.93. The number of hydrogen-bond donors (Lipinski definition) is 3. The Labute approximate surface area is 651 Å². The Kier molecular flexibility index (Phi) is 76.9. The van der Waals surface area contributed by atoms with E-state index in [1.807, 2.05) is 0 Å². The van der Waals surface area contributed by atoms with Gasteiger partial charge in [-0.25, -0.2) is 9.13 Å². The van der Waals surface area contributed by atoms with Gasteiger partial charge in [0.25, 0.3) is 0 Å². The molecular formula is C87H170O17P2. The van der Waals surface area contributed by atoms with Crippen LogP contribution in [0, 0.1) is 11.8 Å². The number of carbonyl (C=O) groups excluding carboxylic acids is 4. The van der Waals surface area contributed by atoms with Crippen molar-refractivity contribution in [1.29, 1.82) is 0 Å². The highest BCUT2D eigenvalue weighted by atomic mass is 31.2. The maximum absolute atomic E-state index is 13.2. The number of hydrogen-bond acceptors (Lipinski definition) is 15. The van der Waals surface area contributed by atoms with E-state index in [1.54, 1.807) is 0 Å². The summed E-state index contributed by atoms with van der Waals surface area (Å²) >= 11 is 0. The second kappa shape index (κ2) is 78.3. The van der Waals surface area contributed by atoms with Gasteiger partial charge in [-0.3, -0.25) is 37.3 Å². The van der Waals surface area contributed by atoms with E-state index in [9.17, 15) is 43.2 Å². The second-order valence-corrected chi connectivity index (χ2v) is 34.9. The van der Waals surface area contributed by atoms with Crippen LogP contribution in [0.15, 0.2) is 0 Å². The lowest BCUT2D eigenvalue weighted by atomic mass is 9.99. The number of ether oxygens (including phenoxy) is 4. The van der Waals surface area contributed by atoms with Crippen molar-refractivity contribution in [3.63, 3.8) is 0 Å². The van der Waals surface area contributed by atoms with Crippen LogP contribution in [-0.2, 0) is 65.4 Å². The molecule has 0 spiro atoms. The third-order valence-corrected chi connectivity index (χ3v) is 22.7. The first-order valence-electron chi connectivity index (χ1n) is 45.0. The predicted octanol–water partition coefficient (Wildman–Crippen LogP) is 26.6. The van der Waals surface area contributed by atoms with Gasteiger partial charge in [0.15, 0.2) is 12.2 Å². The van der Waals surface area contributed by atoms with Gasteiger partial charge in [-0.2, -0.15) is 0 Å². The Morgan fingerprint density at radius 2 is 0.481 bits per heavy atom. The molecule has 0 saturated heterocycles. The Hall–Kier alpha value is -1.94. The van der Waals surface area contributed by atoms with E-state index < -0.39 is 97.5 Å². The maximum Gasteiger partial charge on any atom is 0.472 e. The maximum atomic E-state index is 13.2. The van der Waals surface area contributed by atoms with Crippen molar-refractivity contribution in [2.24, 2.45) is 11.8 Å². The standard InChI is InChI=1S/C87H170O17P2/c1-7-10-12-14-16-18-20-21-34-41-47-53-59-65-71-86(91)103-82(75-97-84(89)69-63-57-51-45-37-19-17-15-13-11-8-2)77-101-105(93,94)99-73-81(88)74-100-106(95,96)102-78-83(76-98-85(90)70-64-58-52-46-40-35-30-27-26-28-32-38-43-49-55-61-67-79(4)5)104-87(92)72-66-60-54-48-42-36-31-25-23-22-24-29-33-39-44-50-56-62-68-80(6)9-3/h79-83,88H,7-78H2,1-6H3,(H,93,94)(H,95,96)/t80?,81-,82+,83+/m0/s1. The van der Waals surface area contributed by atoms with E-state index in [0.29, 0.717) is 25.7 Å². The number of aliphatic hydroxyl groups is 1. The topological polar surface area (TPSA) is 237 Å². The number of esters is 4. The van der Waals surface area contributed by atoms with E-state index >= 15 is 0 Å². The molecule has 0 aliphatic carbocycles. The minimum Gasteiger partial charge on any atom is -0.462 e. The van der Waals surface area contributed by atoms with Crippen LogP contribution >= 0.6 is 15.6 Å². The molecule has 630 valence electrons. The van der Waals surface area contributed by atoms with Gasteiger partial charge in [-0.15, -0.1) is 0 Å². The molecule has 3 unspecified atom stereocenters. The van der Waals surface area contributed by atoms with E-state index in [0.717, 1.165) is 102 Å². The minimum absolute atomic E-state index is 0.108. The monoisotopic (exact) mass is 1550 g/mol. The Balaban J connectivity index is 5.23. The van der Waals surface area contributed by atoms with Crippen LogP contribution in [0.4, 0.5) is 0 Å². The zero-order valence-electron chi connectivity index (χ0n) is 69.7. The molecule has 17 nitrogen and oxygen atoms in total. The third kappa shape index (κ3) is 78.7. The molecule has 0 aliphatic heterocycles. The molecule has 0 radical (unpaired) electrons. The van der Waals surface area contributed by atoms with Crippen molar-refractivity contribution >= 4 is 39.5 Å². The van der Waals surface area contributed by atoms with Crippen molar-refractivity contribution in [1.82, 2.24) is 0 Å². The fourth-order valence-corrected chi connectivity index (χ4v) is 15.1. The molecular weight excluding hydrogens is 1380 g/mol. The van der Waals surface area contributed by atoms with Crippen LogP contribution in [0.2, 0.25) is 0 Å². The van der Waals surface area contributed by atoms with Crippen LogP contribution < -0.4 is 0 Å². The van der Waals surface area contributed by atoms with Gasteiger partial charge in [-0.1, -0.05) is 414 Å². The third-order valence-electron chi connectivity index (χ3n) is 20.8. The average molecular weight is 1550 g/mol. The van der Waals surface area contributed by atoms with Crippen LogP contribution in [0.5, 0.6) is 0 Å². The highest BCUT2D eigenvalue weighted by Crippen LogP contribution is 2.45. The Morgan fingerprint density at radius 1 is 0.274 bits per heavy atom. The fourth-order valence-electron chi connectivity index (χ4n) is 13.6. The molecule has 6 atom stereocenters. The Bertz CT molecular complexity index is 2030. The molecule has 0 fully saturated rings. The molecule has 106 heavy (non-hydrogen) atoms. The van der Waals surface area contributed by atoms with Crippen LogP contribution in [-0.4, -0.2) is 96.7 Å². The van der Waals surface area contributed by atoms with Crippen molar-refractivity contribution < 1.29 is 80.2 Å². The molecule has 0 aliphatic rings. The van der Waals surface area contributed by atoms with Crippen molar-refractivity contribution in [3.05, 3.63) is 0 Å². The van der Waals surface area contributed by atoms with Gasteiger partial charge >= 0.3 is 39.5 Å². The van der Waals surface area contributed by atoms with Crippen LogP contribution in [0.3, 0.4) is 0 Å². The summed E-state index contributed by atoms with van der Waals surface area (Å²) < 4.78 is 68.9. The van der Waals surface area contributed by atoms with Gasteiger partial charge in [-0.05, 0) is 37.5 Å². The number of unbranched alkanes of at least 4 members (excludes halogenated alkanes) is 55. The predicted molar refractivity (Wildman–Crippen MR) is 437 cm³/mol. The number of rotatable bonds is 86. The van der Waals surface area contributed by atoms with Crippen molar-refractivity contribution in [2.45, 2.75) is 484 Å². The van der Waals surface area contributed by atoms with Crippen LogP contribution in [0.25, 0.3) is 0 Å². The van der Waals surface area contributed by atoms with Gasteiger partial charge < -0.3 is 33.8 Å². The largest absolute Gasteiger partial charge is 0.472 e. The summed E-state index contributed by atoms with van der Waals surface area (Å²) in [6.07, 6.45) is 70.7. The summed E-state index contributed by atoms with van der Waals surface area (Å²) in [6.45, 7) is 9.78. The quantitative estimate of drug-likeness (QED) is 0.0222. The lowest BCUT2D eigenvalue weighted by molar-refractivity contribution is -0.161. The van der Waals surface area contributed by atoms with E-state index in [2.05, 4.69) is 41.5 Å². The molecule has 0 amide bonds. The highest BCUT2D eigenvalue weighted by Gasteiger charge is 2.30. The van der Waals surface area contributed by atoms with Gasteiger partial charge in [0.2, 0.25) is 0 Å².